The second kappa shape index (κ2) is 3.14. The Morgan fingerprint density at radius 1 is 1.50 bits per heavy atom. The number of hydrogen-bond donors (Lipinski definition) is 2. The second-order valence-electron chi connectivity index (χ2n) is 2.21. The lowest BCUT2D eigenvalue weighted by Crippen LogP contribution is -2.34. The minimum Gasteiger partial charge on any atom is -0.382 e. The molecule has 0 unspecified atom stereocenters. The molecule has 0 aliphatic heterocycles. The van der Waals surface area contributed by atoms with Crippen LogP contribution < -0.4 is 11.6 Å². The number of carbonyl (C=O) groups is 1. The predicted octanol–water partition coefficient (Wildman–Crippen LogP) is -0.995. The van der Waals surface area contributed by atoms with E-state index in [0.29, 0.717) is 0 Å². The fourth-order valence-electron chi connectivity index (χ4n) is 0.681. The van der Waals surface area contributed by atoms with Crippen LogP contribution in [0.25, 0.3) is 0 Å². The topological polar surface area (TPSA) is 98.1 Å². The Balaban J connectivity index is 3.03. The summed E-state index contributed by atoms with van der Waals surface area (Å²) in [6.07, 6.45) is 2.79. The van der Waals surface area contributed by atoms with Crippen LogP contribution in [-0.2, 0) is 0 Å². The predicted molar refractivity (Wildman–Crippen MR) is 42.7 cm³/mol. The summed E-state index contributed by atoms with van der Waals surface area (Å²) in [5.74, 6) is 4.82. The zero-order valence-corrected chi connectivity index (χ0v) is 6.56. The van der Waals surface area contributed by atoms with Gasteiger partial charge in [0.1, 0.15) is 0 Å². The van der Waals surface area contributed by atoms with Crippen LogP contribution in [0, 0.1) is 0 Å². The molecule has 0 saturated carbocycles. The Morgan fingerprint density at radius 3 is 2.58 bits per heavy atom. The highest BCUT2D eigenvalue weighted by Gasteiger charge is 2.13. The molecule has 0 saturated heterocycles. The number of nitrogens with zero attached hydrogens (tertiary/aromatic N) is 3. The van der Waals surface area contributed by atoms with Crippen molar-refractivity contribution >= 4 is 11.7 Å². The molecule has 0 aliphatic rings. The molecular formula is C6H9N5O. The molecule has 0 spiro atoms. The first kappa shape index (κ1) is 8.41. The van der Waals surface area contributed by atoms with Crippen molar-refractivity contribution in [3.8, 4) is 0 Å². The van der Waals surface area contributed by atoms with Gasteiger partial charge in [0, 0.05) is 19.4 Å². The summed E-state index contributed by atoms with van der Waals surface area (Å²) >= 11 is 0. The molecule has 6 heteroatoms. The number of rotatable bonds is 1. The van der Waals surface area contributed by atoms with Crippen LogP contribution in [0.4, 0.5) is 5.82 Å². The zero-order valence-electron chi connectivity index (χ0n) is 6.56. The summed E-state index contributed by atoms with van der Waals surface area (Å²) in [6, 6.07) is 0. The van der Waals surface area contributed by atoms with Crippen molar-refractivity contribution in [2.24, 2.45) is 5.84 Å². The highest BCUT2D eigenvalue weighted by atomic mass is 16.2. The first-order valence-electron chi connectivity index (χ1n) is 3.22. The molecule has 0 aliphatic carbocycles. The monoisotopic (exact) mass is 167 g/mol. The fraction of sp³-hybridized carbons (Fsp3) is 0.167. The molecule has 1 aromatic rings. The van der Waals surface area contributed by atoms with E-state index < -0.39 is 5.91 Å². The van der Waals surface area contributed by atoms with Gasteiger partial charge < -0.3 is 5.73 Å². The molecule has 0 atom stereocenters. The lowest BCUT2D eigenvalue weighted by atomic mass is 10.4. The first-order chi connectivity index (χ1) is 5.63. The van der Waals surface area contributed by atoms with Gasteiger partial charge in [-0.25, -0.2) is 15.8 Å². The van der Waals surface area contributed by atoms with Gasteiger partial charge in [-0.3, -0.25) is 9.80 Å². The largest absolute Gasteiger partial charge is 0.382 e. The molecule has 0 aromatic carbocycles. The van der Waals surface area contributed by atoms with E-state index in [4.69, 9.17) is 11.6 Å². The molecule has 0 fully saturated rings. The Bertz CT molecular complexity index is 298. The SMILES string of the molecule is CN(N)C(=O)c1nccnc1N. The third-order valence-corrected chi connectivity index (χ3v) is 1.25. The molecular weight excluding hydrogens is 158 g/mol. The highest BCUT2D eigenvalue weighted by molar-refractivity contribution is 5.95. The van der Waals surface area contributed by atoms with Crippen LogP contribution in [0.1, 0.15) is 10.5 Å². The molecule has 0 radical (unpaired) electrons. The van der Waals surface area contributed by atoms with Crippen molar-refractivity contribution in [1.82, 2.24) is 15.0 Å². The Hall–Kier alpha value is -1.69. The van der Waals surface area contributed by atoms with E-state index in [1.807, 2.05) is 0 Å². The van der Waals surface area contributed by atoms with E-state index in [1.165, 1.54) is 19.4 Å². The number of amides is 1. The van der Waals surface area contributed by atoms with E-state index in [2.05, 4.69) is 9.97 Å². The van der Waals surface area contributed by atoms with Crippen LogP contribution in [-0.4, -0.2) is 27.9 Å². The van der Waals surface area contributed by atoms with Gasteiger partial charge in [-0.2, -0.15) is 0 Å². The molecule has 12 heavy (non-hydrogen) atoms. The maximum Gasteiger partial charge on any atom is 0.289 e. The maximum atomic E-state index is 11.2. The van der Waals surface area contributed by atoms with Crippen LogP contribution in [0.2, 0.25) is 0 Å². The van der Waals surface area contributed by atoms with E-state index in [9.17, 15) is 4.79 Å². The molecule has 64 valence electrons. The smallest absolute Gasteiger partial charge is 0.289 e. The Labute approximate surface area is 69.2 Å². The Morgan fingerprint density at radius 2 is 2.08 bits per heavy atom. The number of aromatic nitrogens is 2. The van der Waals surface area contributed by atoms with Crippen LogP contribution >= 0.6 is 0 Å². The van der Waals surface area contributed by atoms with Gasteiger partial charge >= 0.3 is 0 Å². The average molecular weight is 167 g/mol. The number of hydrazine groups is 1. The number of carbonyl (C=O) groups excluding carboxylic acids is 1. The van der Waals surface area contributed by atoms with E-state index in [1.54, 1.807) is 0 Å². The summed E-state index contributed by atoms with van der Waals surface area (Å²) in [7, 11) is 1.41. The number of nitrogens with two attached hydrogens (primary N) is 2. The molecule has 1 amide bonds. The van der Waals surface area contributed by atoms with Crippen LogP contribution in [0.15, 0.2) is 12.4 Å². The number of hydrogen-bond acceptors (Lipinski definition) is 5. The summed E-state index contributed by atoms with van der Waals surface area (Å²) in [5.41, 5.74) is 5.45. The molecule has 1 heterocycles. The summed E-state index contributed by atoms with van der Waals surface area (Å²) in [6.45, 7) is 0. The van der Waals surface area contributed by atoms with Gasteiger partial charge in [0.2, 0.25) is 0 Å². The standard InChI is InChI=1S/C6H9N5O/c1-11(8)6(12)4-5(7)10-3-2-9-4/h2-3H,8H2,1H3,(H2,7,10). The molecule has 4 N–H and O–H groups in total. The van der Waals surface area contributed by atoms with Crippen LogP contribution in [0.3, 0.4) is 0 Å². The third-order valence-electron chi connectivity index (χ3n) is 1.25. The van der Waals surface area contributed by atoms with E-state index >= 15 is 0 Å². The van der Waals surface area contributed by atoms with Crippen molar-refractivity contribution in [2.45, 2.75) is 0 Å². The average Bonchev–Trinajstić information content (AvgIpc) is 2.04. The maximum absolute atomic E-state index is 11.2. The molecule has 1 rings (SSSR count). The van der Waals surface area contributed by atoms with Crippen molar-refractivity contribution in [3.63, 3.8) is 0 Å². The minimum absolute atomic E-state index is 0.0718. The van der Waals surface area contributed by atoms with Crippen molar-refractivity contribution < 1.29 is 4.79 Å². The van der Waals surface area contributed by atoms with Gasteiger partial charge in [0.25, 0.3) is 5.91 Å². The third kappa shape index (κ3) is 1.48. The van der Waals surface area contributed by atoms with Gasteiger partial charge in [-0.05, 0) is 0 Å². The van der Waals surface area contributed by atoms with Crippen molar-refractivity contribution in [2.75, 3.05) is 12.8 Å². The molecule has 0 bridgehead atoms. The van der Waals surface area contributed by atoms with Crippen molar-refractivity contribution in [1.29, 1.82) is 0 Å². The lowest BCUT2D eigenvalue weighted by molar-refractivity contribution is 0.0790. The highest BCUT2D eigenvalue weighted by Crippen LogP contribution is 2.03. The quantitative estimate of drug-likeness (QED) is 0.317. The minimum atomic E-state index is -0.458. The van der Waals surface area contributed by atoms with E-state index in [-0.39, 0.29) is 11.5 Å². The summed E-state index contributed by atoms with van der Waals surface area (Å²) in [4.78, 5) is 18.6. The molecule has 1 aromatic heterocycles. The van der Waals surface area contributed by atoms with Gasteiger partial charge in [0.05, 0.1) is 0 Å². The Kier molecular flexibility index (Phi) is 2.20. The summed E-state index contributed by atoms with van der Waals surface area (Å²) in [5, 5.41) is 0.903. The molecule has 6 nitrogen and oxygen atoms in total. The zero-order chi connectivity index (χ0) is 9.14. The van der Waals surface area contributed by atoms with Gasteiger partial charge in [-0.1, -0.05) is 0 Å². The van der Waals surface area contributed by atoms with Gasteiger partial charge in [-0.15, -0.1) is 0 Å². The normalized spacial score (nSPS) is 9.50. The second-order valence-corrected chi connectivity index (χ2v) is 2.21. The van der Waals surface area contributed by atoms with E-state index in [0.717, 1.165) is 5.01 Å². The van der Waals surface area contributed by atoms with Gasteiger partial charge in [0.15, 0.2) is 11.5 Å². The first-order valence-corrected chi connectivity index (χ1v) is 3.22. The van der Waals surface area contributed by atoms with Crippen LogP contribution in [0.5, 0.6) is 0 Å². The number of nitrogen functional groups attached to an aromatic ring is 1. The number of anilines is 1. The lowest BCUT2D eigenvalue weighted by Gasteiger charge is -2.09. The summed E-state index contributed by atoms with van der Waals surface area (Å²) < 4.78 is 0. The van der Waals surface area contributed by atoms with Crippen molar-refractivity contribution in [3.05, 3.63) is 18.1 Å². The fourth-order valence-corrected chi connectivity index (χ4v) is 0.681.